The number of benzene rings is 6. The monoisotopic (exact) mass is 980 g/mol. The molecule has 14 heteroatoms. The number of aromatic nitrogens is 4. The lowest BCUT2D eigenvalue weighted by Gasteiger charge is -2.42. The smallest absolute Gasteiger partial charge is 0.410 e. The van der Waals surface area contributed by atoms with Crippen molar-refractivity contribution < 1.29 is 29.2 Å². The van der Waals surface area contributed by atoms with Gasteiger partial charge in [-0.3, -0.25) is 4.90 Å². The quantitative estimate of drug-likeness (QED) is 0.106. The second-order valence-corrected chi connectivity index (χ2v) is 19.7. The van der Waals surface area contributed by atoms with Gasteiger partial charge in [0.05, 0.1) is 54.6 Å². The summed E-state index contributed by atoms with van der Waals surface area (Å²) in [6.07, 6.45) is -0.349. The van der Waals surface area contributed by atoms with Gasteiger partial charge in [0.1, 0.15) is 28.7 Å². The van der Waals surface area contributed by atoms with E-state index in [2.05, 4.69) is 52.4 Å². The standard InChI is InChI=1S/C32H36N4O4.C27H28N4O2/c1-22-14-15-25-27(18-22)33-29(26-12-8-9-13-28(26)37)34-30(25)35-16-17-36(31(38)40-32(2,3)4)24(19-35)21-39-20-23-10-6-5-7-11-23;1-19-11-12-22-24(15-19)29-26(23-9-5-6-10-25(23)32)30-27(22)31-14-13-28-21(16-31)18-33-17-20-7-3-2-4-8-20/h5-15,18,24,37H,16-17,19-21H2,1-4H3;2-12,15,21,28,32H,13-14,16-18H2,1H3/t24-;21-/m11/s1. The van der Waals surface area contributed by atoms with Crippen LogP contribution in [0.15, 0.2) is 146 Å². The van der Waals surface area contributed by atoms with Crippen molar-refractivity contribution >= 4 is 39.5 Å². The van der Waals surface area contributed by atoms with Crippen molar-refractivity contribution in [2.24, 2.45) is 0 Å². The Morgan fingerprint density at radius 1 is 0.603 bits per heavy atom. The Hall–Kier alpha value is -7.65. The number of carbonyl (C=O) groups excluding carboxylic acids is 1. The molecular weight excluding hydrogens is 917 g/mol. The zero-order valence-corrected chi connectivity index (χ0v) is 42.2. The van der Waals surface area contributed by atoms with Crippen molar-refractivity contribution in [2.45, 2.75) is 65.5 Å². The molecule has 4 heterocycles. The normalized spacial score (nSPS) is 16.0. The molecule has 0 saturated carbocycles. The number of phenols is 2. The summed E-state index contributed by atoms with van der Waals surface area (Å²) in [4.78, 5) is 38.9. The van der Waals surface area contributed by atoms with E-state index >= 15 is 0 Å². The number of hydrogen-bond acceptors (Lipinski definition) is 13. The van der Waals surface area contributed by atoms with Gasteiger partial charge >= 0.3 is 6.09 Å². The van der Waals surface area contributed by atoms with Crippen molar-refractivity contribution in [2.75, 3.05) is 62.3 Å². The third-order valence-corrected chi connectivity index (χ3v) is 12.8. The molecule has 376 valence electrons. The lowest BCUT2D eigenvalue weighted by atomic mass is 10.1. The molecule has 14 nitrogen and oxygen atoms in total. The highest BCUT2D eigenvalue weighted by Crippen LogP contribution is 2.35. The van der Waals surface area contributed by atoms with Crippen molar-refractivity contribution in [3.05, 3.63) is 168 Å². The lowest BCUT2D eigenvalue weighted by molar-refractivity contribution is -0.00374. The number of aromatic hydroxyl groups is 2. The number of nitrogens with one attached hydrogen (secondary N) is 1. The van der Waals surface area contributed by atoms with Crippen LogP contribution >= 0.6 is 0 Å². The highest BCUT2D eigenvalue weighted by molar-refractivity contribution is 5.93. The number of anilines is 2. The molecule has 8 aromatic rings. The molecule has 6 aromatic carbocycles. The van der Waals surface area contributed by atoms with Gasteiger partial charge in [0.2, 0.25) is 0 Å². The first-order chi connectivity index (χ1) is 35.3. The summed E-state index contributed by atoms with van der Waals surface area (Å²) in [6, 6.07) is 46.9. The first kappa shape index (κ1) is 50.3. The lowest BCUT2D eigenvalue weighted by Crippen LogP contribution is -2.58. The second kappa shape index (κ2) is 22.8. The fourth-order valence-electron chi connectivity index (χ4n) is 9.16. The van der Waals surface area contributed by atoms with E-state index in [9.17, 15) is 15.0 Å². The highest BCUT2D eigenvalue weighted by Gasteiger charge is 2.35. The van der Waals surface area contributed by atoms with Crippen LogP contribution < -0.4 is 15.1 Å². The molecule has 1 amide bonds. The van der Waals surface area contributed by atoms with Crippen molar-refractivity contribution in [1.29, 1.82) is 0 Å². The van der Waals surface area contributed by atoms with E-state index in [4.69, 9.17) is 34.1 Å². The molecule has 10 rings (SSSR count). The molecule has 2 aliphatic heterocycles. The molecule has 2 saturated heterocycles. The SMILES string of the molecule is Cc1ccc2c(N3CCN(C(=O)OC(C)(C)C)[C@@H](COCc4ccccc4)C3)nc(-c3ccccc3O)nc2c1.Cc1ccc2c(N3CCN[C@@H](COCc4ccccc4)C3)nc(-c3ccccc3O)nc2c1. The Kier molecular flexibility index (Phi) is 15.7. The molecule has 2 aliphatic rings. The number of carbonyl (C=O) groups is 1. The molecule has 3 N–H and O–H groups in total. The Morgan fingerprint density at radius 2 is 1.10 bits per heavy atom. The summed E-state index contributed by atoms with van der Waals surface area (Å²) in [7, 11) is 0. The summed E-state index contributed by atoms with van der Waals surface area (Å²) in [6.45, 7) is 15.7. The average molecular weight is 981 g/mol. The number of aryl methyl sites for hydroxylation is 2. The van der Waals surface area contributed by atoms with Gasteiger partial charge < -0.3 is 39.5 Å². The molecule has 73 heavy (non-hydrogen) atoms. The van der Waals surface area contributed by atoms with E-state index in [0.29, 0.717) is 68.8 Å². The molecular formula is C59H64N8O6. The van der Waals surface area contributed by atoms with Crippen molar-refractivity contribution in [3.63, 3.8) is 0 Å². The maximum absolute atomic E-state index is 13.2. The Labute approximate surface area is 427 Å². The molecule has 2 atom stereocenters. The molecule has 0 spiro atoms. The van der Waals surface area contributed by atoms with Gasteiger partial charge in [-0.25, -0.2) is 24.7 Å². The maximum atomic E-state index is 13.2. The van der Waals surface area contributed by atoms with E-state index in [1.807, 2.05) is 119 Å². The zero-order chi connectivity index (χ0) is 50.9. The number of fused-ring (bicyclic) bond motifs is 2. The van der Waals surface area contributed by atoms with Crippen LogP contribution in [-0.2, 0) is 27.4 Å². The number of amides is 1. The van der Waals surface area contributed by atoms with E-state index in [0.717, 1.165) is 69.8 Å². The molecule has 0 radical (unpaired) electrons. The van der Waals surface area contributed by atoms with Gasteiger partial charge in [-0.2, -0.15) is 0 Å². The Balaban J connectivity index is 0.000000183. The average Bonchev–Trinajstić information content (AvgIpc) is 3.38. The number of phenolic OH excluding ortho intramolecular Hbond substituents is 2. The van der Waals surface area contributed by atoms with Crippen LogP contribution in [0.5, 0.6) is 11.5 Å². The van der Waals surface area contributed by atoms with E-state index < -0.39 is 5.60 Å². The van der Waals surface area contributed by atoms with Gasteiger partial charge in [0, 0.05) is 56.1 Å². The van der Waals surface area contributed by atoms with Crippen LogP contribution in [-0.4, -0.2) is 111 Å². The minimum absolute atomic E-state index is 0.127. The Bertz CT molecular complexity index is 3150. The largest absolute Gasteiger partial charge is 0.507 e. The van der Waals surface area contributed by atoms with Crippen LogP contribution in [0.2, 0.25) is 0 Å². The molecule has 2 aromatic heterocycles. The van der Waals surface area contributed by atoms with E-state index in [1.165, 1.54) is 5.56 Å². The minimum Gasteiger partial charge on any atom is -0.507 e. The number of nitrogens with zero attached hydrogens (tertiary/aromatic N) is 7. The second-order valence-electron chi connectivity index (χ2n) is 19.7. The fraction of sp³-hybridized carbons (Fsp3) is 0.305. The third-order valence-electron chi connectivity index (χ3n) is 12.8. The first-order valence-corrected chi connectivity index (χ1v) is 24.9. The minimum atomic E-state index is -0.600. The van der Waals surface area contributed by atoms with Crippen molar-refractivity contribution in [3.8, 4) is 34.3 Å². The molecule has 2 fully saturated rings. The van der Waals surface area contributed by atoms with Crippen LogP contribution in [0.1, 0.15) is 43.0 Å². The number of para-hydroxylation sites is 2. The number of hydrogen-bond donors (Lipinski definition) is 3. The van der Waals surface area contributed by atoms with Gasteiger partial charge in [0.15, 0.2) is 11.6 Å². The number of rotatable bonds is 12. The number of ether oxygens (including phenoxy) is 3. The summed E-state index contributed by atoms with van der Waals surface area (Å²) in [5, 5.41) is 26.5. The molecule has 0 aliphatic carbocycles. The molecule has 0 bridgehead atoms. The van der Waals surface area contributed by atoms with Crippen molar-refractivity contribution in [1.82, 2.24) is 30.2 Å². The summed E-state index contributed by atoms with van der Waals surface area (Å²) in [5.74, 6) is 2.97. The number of piperazine rings is 2. The van der Waals surface area contributed by atoms with Crippen LogP contribution in [0.4, 0.5) is 16.4 Å². The van der Waals surface area contributed by atoms with Crippen LogP contribution in [0.3, 0.4) is 0 Å². The zero-order valence-electron chi connectivity index (χ0n) is 42.2. The maximum Gasteiger partial charge on any atom is 0.410 e. The summed E-state index contributed by atoms with van der Waals surface area (Å²) in [5.41, 5.74) is 6.77. The topological polar surface area (TPSA) is 159 Å². The highest BCUT2D eigenvalue weighted by atomic mass is 16.6. The first-order valence-electron chi connectivity index (χ1n) is 24.9. The van der Waals surface area contributed by atoms with Gasteiger partial charge in [-0.15, -0.1) is 0 Å². The van der Waals surface area contributed by atoms with Crippen LogP contribution in [0.25, 0.3) is 44.6 Å². The van der Waals surface area contributed by atoms with Gasteiger partial charge in [0.25, 0.3) is 0 Å². The van der Waals surface area contributed by atoms with Gasteiger partial charge in [-0.1, -0.05) is 97.1 Å². The van der Waals surface area contributed by atoms with E-state index in [-0.39, 0.29) is 29.7 Å². The summed E-state index contributed by atoms with van der Waals surface area (Å²) < 4.78 is 17.9. The van der Waals surface area contributed by atoms with Crippen LogP contribution in [0, 0.1) is 13.8 Å². The predicted octanol–water partition coefficient (Wildman–Crippen LogP) is 10.3. The Morgan fingerprint density at radius 3 is 1.62 bits per heavy atom. The molecule has 0 unspecified atom stereocenters. The van der Waals surface area contributed by atoms with Gasteiger partial charge in [-0.05, 0) is 105 Å². The summed E-state index contributed by atoms with van der Waals surface area (Å²) >= 11 is 0. The third kappa shape index (κ3) is 12.7. The predicted molar refractivity (Wildman–Crippen MR) is 288 cm³/mol. The fourth-order valence-corrected chi connectivity index (χ4v) is 9.16. The van der Waals surface area contributed by atoms with E-state index in [1.54, 1.807) is 29.2 Å².